The number of hydrogen-bond acceptors (Lipinski definition) is 1. The minimum absolute atomic E-state index is 0.0463. The molecule has 0 unspecified atom stereocenters. The Morgan fingerprint density at radius 2 is 1.92 bits per heavy atom. The highest BCUT2D eigenvalue weighted by atomic mass is 16.1. The van der Waals surface area contributed by atoms with Crippen molar-refractivity contribution < 1.29 is 6.17 Å². The van der Waals surface area contributed by atoms with Crippen molar-refractivity contribution in [3.63, 3.8) is 0 Å². The first-order chi connectivity index (χ1) is 6.38. The van der Waals surface area contributed by atoms with Gasteiger partial charge in [-0.25, -0.2) is 0 Å². The van der Waals surface area contributed by atoms with Crippen LogP contribution in [-0.4, -0.2) is 5.78 Å². The first-order valence-electron chi connectivity index (χ1n) is 4.98. The molecule has 0 saturated heterocycles. The second-order valence-corrected chi connectivity index (χ2v) is 3.67. The zero-order valence-corrected chi connectivity index (χ0v) is 8.42. The Labute approximate surface area is 81.2 Å². The van der Waals surface area contributed by atoms with Crippen LogP contribution in [0.4, 0.5) is 0 Å². The first-order valence-corrected chi connectivity index (χ1v) is 4.48. The number of ketones is 1. The summed E-state index contributed by atoms with van der Waals surface area (Å²) in [6, 6.07) is 7.49. The summed E-state index contributed by atoms with van der Waals surface area (Å²) in [6.07, 6.45) is 0.274. The van der Waals surface area contributed by atoms with E-state index in [1.807, 2.05) is 31.2 Å². The molecule has 13 heavy (non-hydrogen) atoms. The molecule has 1 aromatic rings. The number of hydrogen-bond donors (Lipinski definition) is 0. The molecular weight excluding hydrogens is 160 g/mol. The molecular formula is C12H16O. The molecule has 0 fully saturated rings. The van der Waals surface area contributed by atoms with Gasteiger partial charge in [-0.05, 0) is 12.8 Å². The van der Waals surface area contributed by atoms with Crippen molar-refractivity contribution in [2.24, 2.45) is 5.89 Å². The third-order valence-electron chi connectivity index (χ3n) is 1.89. The van der Waals surface area contributed by atoms with Crippen molar-refractivity contribution in [2.75, 3.05) is 0 Å². The third-order valence-corrected chi connectivity index (χ3v) is 1.89. The van der Waals surface area contributed by atoms with E-state index in [0.717, 1.165) is 5.56 Å². The first kappa shape index (κ1) is 8.49. The van der Waals surface area contributed by atoms with Gasteiger partial charge in [0, 0.05) is 13.4 Å². The van der Waals surface area contributed by atoms with Gasteiger partial charge in [-0.1, -0.05) is 43.7 Å². The van der Waals surface area contributed by atoms with Gasteiger partial charge >= 0.3 is 0 Å². The minimum atomic E-state index is -0.679. The Bertz CT molecular complexity index is 319. The van der Waals surface area contributed by atoms with Crippen LogP contribution in [0.1, 0.15) is 37.6 Å². The molecule has 0 spiro atoms. The van der Waals surface area contributed by atoms with Gasteiger partial charge < -0.3 is 0 Å². The van der Waals surface area contributed by atoms with Crippen LogP contribution >= 0.6 is 0 Å². The zero-order valence-electron chi connectivity index (χ0n) is 9.42. The molecule has 0 aromatic heterocycles. The fourth-order valence-electron chi connectivity index (χ4n) is 1.16. The van der Waals surface area contributed by atoms with E-state index in [2.05, 4.69) is 0 Å². The van der Waals surface area contributed by atoms with E-state index >= 15 is 0 Å². The van der Waals surface area contributed by atoms with E-state index in [9.17, 15) is 4.79 Å². The zero-order chi connectivity index (χ0) is 10.8. The quantitative estimate of drug-likeness (QED) is 0.648. The van der Waals surface area contributed by atoms with Crippen LogP contribution in [0.5, 0.6) is 0 Å². The molecule has 0 aliphatic heterocycles. The van der Waals surface area contributed by atoms with Crippen molar-refractivity contribution in [1.82, 2.24) is 0 Å². The Balaban J connectivity index is 2.76. The maximum Gasteiger partial charge on any atom is 0.163 e. The number of carbonyl (C=O) groups excluding carboxylic acids is 1. The summed E-state index contributed by atoms with van der Waals surface area (Å²) in [5, 5.41) is 0. The number of rotatable bonds is 3. The lowest BCUT2D eigenvalue weighted by molar-refractivity contribution is 0.0968. The molecule has 0 N–H and O–H groups in total. The van der Waals surface area contributed by atoms with Crippen LogP contribution in [0.15, 0.2) is 24.3 Å². The molecule has 0 radical (unpaired) electrons. The van der Waals surface area contributed by atoms with Gasteiger partial charge in [0.15, 0.2) is 5.78 Å². The number of benzene rings is 1. The lowest BCUT2D eigenvalue weighted by atomic mass is 10.0. The Morgan fingerprint density at radius 3 is 2.38 bits per heavy atom. The maximum atomic E-state index is 11.7. The van der Waals surface area contributed by atoms with E-state index < -0.39 is 5.89 Å². The monoisotopic (exact) mass is 177 g/mol. The summed E-state index contributed by atoms with van der Waals surface area (Å²) in [6.45, 7) is 5.49. The second kappa shape index (κ2) is 4.22. The Morgan fingerprint density at radius 1 is 1.38 bits per heavy atom. The van der Waals surface area contributed by atoms with Crippen molar-refractivity contribution in [3.8, 4) is 0 Å². The average Bonchev–Trinajstić information content (AvgIpc) is 2.02. The smallest absolute Gasteiger partial charge is 0.163 e. The van der Waals surface area contributed by atoms with Crippen LogP contribution in [-0.2, 0) is 0 Å². The highest BCUT2D eigenvalue weighted by Gasteiger charge is 2.06. The van der Waals surface area contributed by atoms with Crippen molar-refractivity contribution in [1.29, 1.82) is 0 Å². The molecule has 0 saturated carbocycles. The standard InChI is InChI=1S/C12H16O/c1-9(2)8-12(13)11-6-4-10(3)5-7-11/h4-7,9H,8H2,1-3H3/i9D. The van der Waals surface area contributed by atoms with Crippen molar-refractivity contribution in [3.05, 3.63) is 35.4 Å². The molecule has 1 rings (SSSR count). The van der Waals surface area contributed by atoms with Gasteiger partial charge in [-0.2, -0.15) is 0 Å². The van der Waals surface area contributed by atoms with Crippen LogP contribution < -0.4 is 0 Å². The minimum Gasteiger partial charge on any atom is -0.294 e. The van der Waals surface area contributed by atoms with E-state index in [-0.39, 0.29) is 12.2 Å². The largest absolute Gasteiger partial charge is 0.294 e. The molecule has 1 nitrogen and oxygen atoms in total. The number of Topliss-reactive ketones (excluding diaryl/α,β-unsaturated/α-hetero) is 1. The Hall–Kier alpha value is -1.11. The van der Waals surface area contributed by atoms with Gasteiger partial charge in [0.25, 0.3) is 0 Å². The van der Waals surface area contributed by atoms with Gasteiger partial charge in [-0.3, -0.25) is 4.79 Å². The summed E-state index contributed by atoms with van der Waals surface area (Å²) in [5.74, 6) is -0.632. The fraction of sp³-hybridized carbons (Fsp3) is 0.417. The molecule has 1 aromatic carbocycles. The lowest BCUT2D eigenvalue weighted by Gasteiger charge is -2.03. The predicted octanol–water partition coefficient (Wildman–Crippen LogP) is 3.22. The van der Waals surface area contributed by atoms with Gasteiger partial charge in [0.05, 0.1) is 0 Å². The number of carbonyl (C=O) groups is 1. The van der Waals surface area contributed by atoms with Crippen LogP contribution in [0, 0.1) is 12.8 Å². The summed E-state index contributed by atoms with van der Waals surface area (Å²) >= 11 is 0. The van der Waals surface area contributed by atoms with Crippen LogP contribution in [0.2, 0.25) is 0 Å². The molecule has 0 aliphatic rings. The van der Waals surface area contributed by atoms with Crippen LogP contribution in [0.25, 0.3) is 0 Å². The summed E-state index contributed by atoms with van der Waals surface area (Å²) in [5.41, 5.74) is 1.85. The molecule has 70 valence electrons. The van der Waals surface area contributed by atoms with Crippen LogP contribution in [0.3, 0.4) is 0 Å². The average molecular weight is 177 g/mol. The molecule has 0 heterocycles. The highest BCUT2D eigenvalue weighted by Crippen LogP contribution is 2.10. The van der Waals surface area contributed by atoms with E-state index in [4.69, 9.17) is 1.37 Å². The molecule has 0 atom stereocenters. The highest BCUT2D eigenvalue weighted by molar-refractivity contribution is 5.96. The topological polar surface area (TPSA) is 17.1 Å². The fourth-order valence-corrected chi connectivity index (χ4v) is 1.16. The van der Waals surface area contributed by atoms with Gasteiger partial charge in [0.1, 0.15) is 0 Å². The second-order valence-electron chi connectivity index (χ2n) is 3.67. The summed E-state index contributed by atoms with van der Waals surface area (Å²) < 4.78 is 7.63. The van der Waals surface area contributed by atoms with Gasteiger partial charge in [0.2, 0.25) is 0 Å². The Kier molecular flexibility index (Phi) is 2.75. The summed E-state index contributed by atoms with van der Waals surface area (Å²) in [4.78, 5) is 11.7. The van der Waals surface area contributed by atoms with E-state index in [1.165, 1.54) is 0 Å². The third kappa shape index (κ3) is 3.02. The van der Waals surface area contributed by atoms with Crippen molar-refractivity contribution in [2.45, 2.75) is 27.2 Å². The molecule has 0 bridgehead atoms. The number of aryl methyl sites for hydroxylation is 1. The maximum absolute atomic E-state index is 11.7. The molecule has 1 heteroatoms. The van der Waals surface area contributed by atoms with Gasteiger partial charge in [-0.15, -0.1) is 0 Å². The lowest BCUT2D eigenvalue weighted by Crippen LogP contribution is -2.03. The van der Waals surface area contributed by atoms with Crippen molar-refractivity contribution >= 4 is 5.78 Å². The predicted molar refractivity (Wildman–Crippen MR) is 55.0 cm³/mol. The normalized spacial score (nSPS) is 12.4. The molecule has 0 aliphatic carbocycles. The summed E-state index contributed by atoms with van der Waals surface area (Å²) in [7, 11) is 0. The molecule has 0 amide bonds. The van der Waals surface area contributed by atoms with E-state index in [0.29, 0.717) is 5.56 Å². The SMILES string of the molecule is [2H]C(C)(C)CC(=O)c1ccc(C)cc1. The van der Waals surface area contributed by atoms with E-state index in [1.54, 1.807) is 13.8 Å².